The van der Waals surface area contributed by atoms with Gasteiger partial charge in [-0.05, 0) is 75.0 Å². The summed E-state index contributed by atoms with van der Waals surface area (Å²) in [5.74, 6) is 1.51. The predicted molar refractivity (Wildman–Crippen MR) is 134 cm³/mol. The molecule has 180 valence electrons. The van der Waals surface area contributed by atoms with Crippen molar-refractivity contribution in [3.63, 3.8) is 0 Å². The number of rotatable bonds is 8. The predicted octanol–water partition coefficient (Wildman–Crippen LogP) is 6.66. The minimum absolute atomic E-state index is 0.200. The van der Waals surface area contributed by atoms with Crippen LogP contribution in [0.5, 0.6) is 5.75 Å². The monoisotopic (exact) mass is 452 g/mol. The normalized spacial score (nSPS) is 21.0. The van der Waals surface area contributed by atoms with Gasteiger partial charge in [-0.1, -0.05) is 43.9 Å². The van der Waals surface area contributed by atoms with Crippen molar-refractivity contribution in [3.8, 4) is 5.75 Å². The third-order valence-electron chi connectivity index (χ3n) is 7.65. The zero-order chi connectivity index (χ0) is 23.0. The Kier molecular flexibility index (Phi) is 8.46. The minimum atomic E-state index is -0.248. The van der Waals surface area contributed by atoms with E-state index < -0.39 is 0 Å². The number of carbonyl (C=O) groups is 1. The van der Waals surface area contributed by atoms with E-state index in [9.17, 15) is 4.79 Å². The molecule has 1 aromatic carbocycles. The van der Waals surface area contributed by atoms with Crippen LogP contribution in [0.2, 0.25) is 0 Å². The molecule has 0 bridgehead atoms. The number of allylic oxidation sites excluding steroid dienone is 1. The zero-order valence-electron chi connectivity index (χ0n) is 20.4. The molecule has 0 radical (unpaired) electrons. The van der Waals surface area contributed by atoms with Crippen LogP contribution in [0, 0.1) is 5.92 Å². The highest BCUT2D eigenvalue weighted by molar-refractivity contribution is 6.24. The van der Waals surface area contributed by atoms with Crippen molar-refractivity contribution in [1.82, 2.24) is 4.90 Å². The van der Waals surface area contributed by atoms with E-state index in [1.165, 1.54) is 51.4 Å². The fourth-order valence-electron chi connectivity index (χ4n) is 5.23. The lowest BCUT2D eigenvalue weighted by atomic mass is 9.82. The number of amides is 1. The maximum absolute atomic E-state index is 12.6. The fraction of sp³-hybridized carbons (Fsp3) is 0.643. The fourth-order valence-corrected chi connectivity index (χ4v) is 5.23. The van der Waals surface area contributed by atoms with Crippen LogP contribution in [0.15, 0.2) is 35.3 Å². The quantitative estimate of drug-likeness (QED) is 0.414. The molecule has 3 fully saturated rings. The van der Waals surface area contributed by atoms with Crippen molar-refractivity contribution in [2.45, 2.75) is 89.2 Å². The van der Waals surface area contributed by atoms with Crippen LogP contribution < -0.4 is 4.74 Å². The summed E-state index contributed by atoms with van der Waals surface area (Å²) in [4.78, 5) is 19.0. The van der Waals surface area contributed by atoms with E-state index in [4.69, 9.17) is 9.47 Å². The topological polar surface area (TPSA) is 51.1 Å². The van der Waals surface area contributed by atoms with Gasteiger partial charge in [-0.2, -0.15) is 0 Å². The second-order valence-corrected chi connectivity index (χ2v) is 9.95. The average Bonchev–Trinajstić information content (AvgIpc) is 3.36. The number of nitrogens with zero attached hydrogens (tertiary/aromatic N) is 2. The number of carbonyl (C=O) groups excluding carboxylic acids is 1. The molecular formula is C28H40N2O3. The van der Waals surface area contributed by atoms with Crippen LogP contribution >= 0.6 is 0 Å². The maximum atomic E-state index is 12.6. The van der Waals surface area contributed by atoms with Crippen LogP contribution in [-0.2, 0) is 4.74 Å². The van der Waals surface area contributed by atoms with Crippen LogP contribution in [0.4, 0.5) is 4.79 Å². The van der Waals surface area contributed by atoms with Gasteiger partial charge in [-0.3, -0.25) is 4.99 Å². The first-order valence-electron chi connectivity index (χ1n) is 13.0. The van der Waals surface area contributed by atoms with Gasteiger partial charge in [0.05, 0.1) is 11.8 Å². The Hall–Kier alpha value is -2.30. The Bertz CT molecular complexity index is 829. The van der Waals surface area contributed by atoms with Crippen molar-refractivity contribution >= 4 is 17.4 Å². The molecule has 0 N–H and O–H groups in total. The van der Waals surface area contributed by atoms with Gasteiger partial charge >= 0.3 is 6.09 Å². The standard InChI is InChI=1S/C28H40N2O3/c1-29-27(20-32-28(31)30(2)23-11-6-7-12-23)26(19-21-9-8-10-21)22-15-17-25(18-16-22)33-24-13-4-3-5-14-24/h15-19,21,23-24H,3-14,20H2,1-2H3/b26-19-,29-27?. The second kappa shape index (κ2) is 11.7. The Labute approximate surface area is 199 Å². The van der Waals surface area contributed by atoms with E-state index >= 15 is 0 Å². The molecule has 3 aliphatic carbocycles. The van der Waals surface area contributed by atoms with E-state index in [2.05, 4.69) is 35.3 Å². The Morgan fingerprint density at radius 3 is 2.24 bits per heavy atom. The molecule has 5 nitrogen and oxygen atoms in total. The summed E-state index contributed by atoms with van der Waals surface area (Å²) in [6, 6.07) is 8.71. The molecule has 0 unspecified atom stereocenters. The van der Waals surface area contributed by atoms with Crippen molar-refractivity contribution in [2.24, 2.45) is 10.9 Å². The van der Waals surface area contributed by atoms with Crippen LogP contribution in [0.3, 0.4) is 0 Å². The van der Waals surface area contributed by atoms with Crippen molar-refractivity contribution in [2.75, 3.05) is 20.7 Å². The van der Waals surface area contributed by atoms with Crippen molar-refractivity contribution in [1.29, 1.82) is 0 Å². The van der Waals surface area contributed by atoms with E-state index in [0.29, 0.717) is 18.1 Å². The van der Waals surface area contributed by atoms with Gasteiger partial charge in [0.15, 0.2) is 0 Å². The van der Waals surface area contributed by atoms with Gasteiger partial charge in [-0.25, -0.2) is 4.79 Å². The summed E-state index contributed by atoms with van der Waals surface area (Å²) in [5, 5.41) is 0. The van der Waals surface area contributed by atoms with Crippen LogP contribution in [0.1, 0.15) is 82.6 Å². The summed E-state index contributed by atoms with van der Waals surface area (Å²) in [5.41, 5.74) is 3.03. The molecule has 5 heteroatoms. The van der Waals surface area contributed by atoms with E-state index in [1.54, 1.807) is 11.9 Å². The number of hydrogen-bond acceptors (Lipinski definition) is 4. The molecule has 0 saturated heterocycles. The van der Waals surface area contributed by atoms with Crippen LogP contribution in [0.25, 0.3) is 5.57 Å². The molecule has 0 spiro atoms. The summed E-state index contributed by atoms with van der Waals surface area (Å²) in [6.45, 7) is 0.200. The minimum Gasteiger partial charge on any atom is -0.490 e. The van der Waals surface area contributed by atoms with Crippen LogP contribution in [-0.4, -0.2) is 49.6 Å². The summed E-state index contributed by atoms with van der Waals surface area (Å²) in [7, 11) is 3.65. The molecule has 0 atom stereocenters. The first-order valence-corrected chi connectivity index (χ1v) is 13.0. The molecule has 4 rings (SSSR count). The third kappa shape index (κ3) is 6.39. The van der Waals surface area contributed by atoms with Crippen molar-refractivity contribution < 1.29 is 14.3 Å². The lowest BCUT2D eigenvalue weighted by Gasteiger charge is -2.26. The van der Waals surface area contributed by atoms with Gasteiger partial charge in [0.2, 0.25) is 0 Å². The summed E-state index contributed by atoms with van der Waals surface area (Å²) in [6.07, 6.45) is 16.8. The smallest absolute Gasteiger partial charge is 0.410 e. The molecule has 0 aliphatic heterocycles. The molecule has 0 heterocycles. The SMILES string of the molecule is CN=C(COC(=O)N(C)C1CCCC1)/C(=C\C1CCC1)c1ccc(OC2CCCCC2)cc1. The Morgan fingerprint density at radius 2 is 1.64 bits per heavy atom. The van der Waals surface area contributed by atoms with E-state index in [0.717, 1.165) is 48.3 Å². The lowest BCUT2D eigenvalue weighted by molar-refractivity contribution is 0.110. The first kappa shape index (κ1) is 23.8. The van der Waals surface area contributed by atoms with Crippen molar-refractivity contribution in [3.05, 3.63) is 35.9 Å². The summed E-state index contributed by atoms with van der Waals surface area (Å²) >= 11 is 0. The third-order valence-corrected chi connectivity index (χ3v) is 7.65. The van der Waals surface area contributed by atoms with Gasteiger partial charge < -0.3 is 14.4 Å². The first-order chi connectivity index (χ1) is 16.1. The van der Waals surface area contributed by atoms with Gasteiger partial charge in [-0.15, -0.1) is 0 Å². The molecule has 1 aromatic rings. The van der Waals surface area contributed by atoms with Gasteiger partial charge in [0, 0.05) is 25.7 Å². The summed E-state index contributed by atoms with van der Waals surface area (Å²) < 4.78 is 11.9. The molecule has 33 heavy (non-hydrogen) atoms. The number of benzene rings is 1. The highest BCUT2D eigenvalue weighted by Gasteiger charge is 2.25. The molecule has 3 aliphatic rings. The van der Waals surface area contributed by atoms with E-state index in [-0.39, 0.29) is 12.7 Å². The largest absolute Gasteiger partial charge is 0.490 e. The Morgan fingerprint density at radius 1 is 0.970 bits per heavy atom. The average molecular weight is 453 g/mol. The number of aliphatic imine (C=N–C) groups is 1. The molecular weight excluding hydrogens is 412 g/mol. The maximum Gasteiger partial charge on any atom is 0.410 e. The molecule has 0 aromatic heterocycles. The Balaban J connectivity index is 1.43. The van der Waals surface area contributed by atoms with Gasteiger partial charge in [0.1, 0.15) is 12.4 Å². The van der Waals surface area contributed by atoms with E-state index in [1.807, 2.05) is 7.05 Å². The number of hydrogen-bond donors (Lipinski definition) is 0. The zero-order valence-corrected chi connectivity index (χ0v) is 20.4. The molecule has 1 amide bonds. The second-order valence-electron chi connectivity index (χ2n) is 9.95. The highest BCUT2D eigenvalue weighted by atomic mass is 16.6. The number of ether oxygens (including phenoxy) is 2. The lowest BCUT2D eigenvalue weighted by Crippen LogP contribution is -2.36. The highest BCUT2D eigenvalue weighted by Crippen LogP contribution is 2.32. The van der Waals surface area contributed by atoms with Gasteiger partial charge in [0.25, 0.3) is 0 Å². The molecule has 3 saturated carbocycles.